The molecule has 1 aliphatic heterocycles. The van der Waals surface area contributed by atoms with Crippen molar-refractivity contribution in [2.75, 3.05) is 26.7 Å². The number of piperidine rings is 1. The van der Waals surface area contributed by atoms with Gasteiger partial charge in [-0.05, 0) is 50.0 Å². The molecule has 5 nitrogen and oxygen atoms in total. The minimum atomic E-state index is 0.188. The summed E-state index contributed by atoms with van der Waals surface area (Å²) in [6, 6.07) is 4.87. The Balaban J connectivity index is 1.51. The molecular weight excluding hydrogens is 392 g/mol. The largest absolute Gasteiger partial charge is 0.355 e. The maximum absolute atomic E-state index is 12.6. The molecule has 0 bridgehead atoms. The van der Waals surface area contributed by atoms with E-state index in [0.29, 0.717) is 11.9 Å². The third-order valence-electron chi connectivity index (χ3n) is 7.15. The van der Waals surface area contributed by atoms with Crippen LogP contribution in [0, 0.1) is 5.92 Å². The maximum atomic E-state index is 12.6. The van der Waals surface area contributed by atoms with Gasteiger partial charge < -0.3 is 15.5 Å². The van der Waals surface area contributed by atoms with Gasteiger partial charge in [0.05, 0.1) is 0 Å². The van der Waals surface area contributed by atoms with E-state index in [1.807, 2.05) is 18.4 Å². The number of rotatable bonds is 7. The molecule has 2 fully saturated rings. The Labute approximate surface area is 186 Å². The van der Waals surface area contributed by atoms with E-state index in [0.717, 1.165) is 51.3 Å². The van der Waals surface area contributed by atoms with Crippen molar-refractivity contribution < 1.29 is 4.79 Å². The predicted molar refractivity (Wildman–Crippen MR) is 127 cm³/mol. The maximum Gasteiger partial charge on any atom is 0.225 e. The van der Waals surface area contributed by atoms with Gasteiger partial charge in [-0.1, -0.05) is 39.2 Å². The molecule has 0 unspecified atom stereocenters. The average Bonchev–Trinajstić information content (AvgIpc) is 3.34. The molecular formula is C24H40N4OS. The summed E-state index contributed by atoms with van der Waals surface area (Å²) >= 11 is 1.89. The molecule has 0 atom stereocenters. The molecule has 0 aromatic carbocycles. The third kappa shape index (κ3) is 5.57. The van der Waals surface area contributed by atoms with Gasteiger partial charge in [0.2, 0.25) is 5.91 Å². The molecule has 0 radical (unpaired) electrons. The SMILES string of the molecule is CCC(CC)C(=O)N1CCC(NC(=NC)NCC2(c3cccs3)CCCCC2)CC1. The zero-order valence-corrected chi connectivity index (χ0v) is 19.9. The average molecular weight is 433 g/mol. The third-order valence-corrected chi connectivity index (χ3v) is 8.27. The van der Waals surface area contributed by atoms with Gasteiger partial charge in [0.25, 0.3) is 0 Å². The number of nitrogens with zero attached hydrogens (tertiary/aromatic N) is 2. The van der Waals surface area contributed by atoms with Gasteiger partial charge in [0, 0.05) is 48.9 Å². The van der Waals surface area contributed by atoms with Gasteiger partial charge in [-0.15, -0.1) is 11.3 Å². The molecule has 1 amide bonds. The Hall–Kier alpha value is -1.56. The molecule has 2 aliphatic rings. The van der Waals surface area contributed by atoms with Gasteiger partial charge in [0.1, 0.15) is 0 Å². The number of amides is 1. The van der Waals surface area contributed by atoms with Crippen molar-refractivity contribution in [2.45, 2.75) is 83.1 Å². The molecule has 1 aromatic heterocycles. The highest BCUT2D eigenvalue weighted by molar-refractivity contribution is 7.10. The monoisotopic (exact) mass is 432 g/mol. The van der Waals surface area contributed by atoms with E-state index in [9.17, 15) is 4.79 Å². The summed E-state index contributed by atoms with van der Waals surface area (Å²) in [5.41, 5.74) is 0.245. The molecule has 3 rings (SSSR count). The minimum absolute atomic E-state index is 0.188. The number of hydrogen-bond donors (Lipinski definition) is 2. The van der Waals surface area contributed by atoms with E-state index in [1.165, 1.54) is 37.0 Å². The van der Waals surface area contributed by atoms with E-state index in [2.05, 4.69) is 51.9 Å². The number of nitrogens with one attached hydrogen (secondary N) is 2. The molecule has 30 heavy (non-hydrogen) atoms. The van der Waals surface area contributed by atoms with Crippen molar-refractivity contribution in [3.63, 3.8) is 0 Å². The van der Waals surface area contributed by atoms with Crippen LogP contribution >= 0.6 is 11.3 Å². The van der Waals surface area contributed by atoms with E-state index in [-0.39, 0.29) is 11.3 Å². The predicted octanol–water partition coefficient (Wildman–Crippen LogP) is 4.54. The summed E-state index contributed by atoms with van der Waals surface area (Å²) in [6.45, 7) is 6.88. The second-order valence-corrected chi connectivity index (χ2v) is 9.95. The summed E-state index contributed by atoms with van der Waals surface area (Å²) in [6.07, 6.45) is 10.4. The Kier molecular flexibility index (Phi) is 8.61. The van der Waals surface area contributed by atoms with Gasteiger partial charge >= 0.3 is 0 Å². The summed E-state index contributed by atoms with van der Waals surface area (Å²) in [5, 5.41) is 9.48. The first kappa shape index (κ1) is 23.1. The van der Waals surface area contributed by atoms with Crippen molar-refractivity contribution in [3.8, 4) is 0 Å². The molecule has 168 valence electrons. The van der Waals surface area contributed by atoms with E-state index in [1.54, 1.807) is 0 Å². The van der Waals surface area contributed by atoms with Gasteiger partial charge in [0.15, 0.2) is 5.96 Å². The quantitative estimate of drug-likeness (QED) is 0.491. The second kappa shape index (κ2) is 11.2. The van der Waals surface area contributed by atoms with Crippen LogP contribution in [0.3, 0.4) is 0 Å². The van der Waals surface area contributed by atoms with Crippen molar-refractivity contribution in [1.29, 1.82) is 0 Å². The molecule has 1 saturated heterocycles. The smallest absolute Gasteiger partial charge is 0.225 e. The lowest BCUT2D eigenvalue weighted by Crippen LogP contribution is -2.52. The van der Waals surface area contributed by atoms with Crippen LogP contribution in [0.2, 0.25) is 0 Å². The molecule has 1 aromatic rings. The fraction of sp³-hybridized carbons (Fsp3) is 0.750. The van der Waals surface area contributed by atoms with Crippen LogP contribution in [0.1, 0.15) is 76.5 Å². The zero-order chi connectivity index (χ0) is 21.4. The second-order valence-electron chi connectivity index (χ2n) is 9.00. The van der Waals surface area contributed by atoms with Crippen LogP contribution in [0.5, 0.6) is 0 Å². The zero-order valence-electron chi connectivity index (χ0n) is 19.1. The Morgan fingerprint density at radius 2 is 1.93 bits per heavy atom. The van der Waals surface area contributed by atoms with Crippen LogP contribution in [-0.2, 0) is 10.2 Å². The van der Waals surface area contributed by atoms with Crippen LogP contribution in [0.25, 0.3) is 0 Å². The van der Waals surface area contributed by atoms with Crippen molar-refractivity contribution in [3.05, 3.63) is 22.4 Å². The van der Waals surface area contributed by atoms with Crippen LogP contribution < -0.4 is 10.6 Å². The van der Waals surface area contributed by atoms with E-state index < -0.39 is 0 Å². The fourth-order valence-corrected chi connectivity index (χ4v) is 6.09. The molecule has 2 heterocycles. The molecule has 0 spiro atoms. The summed E-state index contributed by atoms with van der Waals surface area (Å²) < 4.78 is 0. The molecule has 1 aliphatic carbocycles. The lowest BCUT2D eigenvalue weighted by atomic mass is 9.73. The van der Waals surface area contributed by atoms with Crippen LogP contribution in [0.15, 0.2) is 22.5 Å². The number of guanidine groups is 1. The first-order chi connectivity index (χ1) is 14.6. The van der Waals surface area contributed by atoms with Gasteiger partial charge in [-0.25, -0.2) is 0 Å². The number of likely N-dealkylation sites (tertiary alicyclic amines) is 1. The van der Waals surface area contributed by atoms with Gasteiger partial charge in [-0.3, -0.25) is 9.79 Å². The highest BCUT2D eigenvalue weighted by Crippen LogP contribution is 2.41. The molecule has 2 N–H and O–H groups in total. The normalized spacial score (nSPS) is 20.4. The fourth-order valence-electron chi connectivity index (χ4n) is 5.10. The number of aliphatic imine (C=N–C) groups is 1. The highest BCUT2D eigenvalue weighted by Gasteiger charge is 2.35. The number of hydrogen-bond acceptors (Lipinski definition) is 3. The van der Waals surface area contributed by atoms with Gasteiger partial charge in [-0.2, -0.15) is 0 Å². The van der Waals surface area contributed by atoms with E-state index in [4.69, 9.17) is 0 Å². The lowest BCUT2D eigenvalue weighted by molar-refractivity contribution is -0.136. The van der Waals surface area contributed by atoms with Crippen molar-refractivity contribution in [2.24, 2.45) is 10.9 Å². The minimum Gasteiger partial charge on any atom is -0.355 e. The first-order valence-electron chi connectivity index (χ1n) is 11.9. The summed E-state index contributed by atoms with van der Waals surface area (Å²) in [7, 11) is 1.86. The molecule has 1 saturated carbocycles. The highest BCUT2D eigenvalue weighted by atomic mass is 32.1. The Morgan fingerprint density at radius 1 is 1.23 bits per heavy atom. The standard InChI is InChI=1S/C24H40N4OS/c1-4-19(5-2)22(29)28-15-11-20(12-16-28)27-23(25-3)26-18-24(13-7-6-8-14-24)21-10-9-17-30-21/h9-10,17,19-20H,4-8,11-16,18H2,1-3H3,(H2,25,26,27). The summed E-state index contributed by atoms with van der Waals surface area (Å²) in [5.74, 6) is 1.44. The Bertz CT molecular complexity index is 669. The number of thiophene rings is 1. The number of carbonyl (C=O) groups excluding carboxylic acids is 1. The summed E-state index contributed by atoms with van der Waals surface area (Å²) in [4.78, 5) is 20.7. The van der Waals surface area contributed by atoms with Crippen LogP contribution in [0.4, 0.5) is 0 Å². The topological polar surface area (TPSA) is 56.7 Å². The van der Waals surface area contributed by atoms with Crippen molar-refractivity contribution >= 4 is 23.2 Å². The van der Waals surface area contributed by atoms with Crippen LogP contribution in [-0.4, -0.2) is 49.5 Å². The first-order valence-corrected chi connectivity index (χ1v) is 12.8. The van der Waals surface area contributed by atoms with E-state index >= 15 is 0 Å². The number of carbonyl (C=O) groups is 1. The van der Waals surface area contributed by atoms with Crippen molar-refractivity contribution in [1.82, 2.24) is 15.5 Å². The lowest BCUT2D eigenvalue weighted by Gasteiger charge is -2.38. The Morgan fingerprint density at radius 3 is 2.50 bits per heavy atom. The molecule has 6 heteroatoms.